The molecule has 0 unspecified atom stereocenters. The second-order valence-electron chi connectivity index (χ2n) is 5.47. The van der Waals surface area contributed by atoms with E-state index in [0.717, 1.165) is 4.68 Å². The Labute approximate surface area is 147 Å². The summed E-state index contributed by atoms with van der Waals surface area (Å²) in [6.07, 6.45) is 2.73. The van der Waals surface area contributed by atoms with Crippen LogP contribution in [0.15, 0.2) is 59.4 Å². The molecule has 0 saturated heterocycles. The molecule has 8 heteroatoms. The number of aromatic nitrogens is 2. The predicted octanol–water partition coefficient (Wildman–Crippen LogP) is 2.40. The van der Waals surface area contributed by atoms with E-state index in [1.54, 1.807) is 31.2 Å². The van der Waals surface area contributed by atoms with Gasteiger partial charge in [-0.1, -0.05) is 12.1 Å². The summed E-state index contributed by atoms with van der Waals surface area (Å²) >= 11 is 0. The van der Waals surface area contributed by atoms with Gasteiger partial charge in [-0.05, 0) is 42.8 Å². The summed E-state index contributed by atoms with van der Waals surface area (Å²) in [5.74, 6) is -0.170. The van der Waals surface area contributed by atoms with Gasteiger partial charge in [-0.25, -0.2) is 9.66 Å². The number of hydrogen-bond acceptors (Lipinski definition) is 5. The van der Waals surface area contributed by atoms with Gasteiger partial charge in [0.2, 0.25) is 0 Å². The Morgan fingerprint density at radius 2 is 1.88 bits per heavy atom. The van der Waals surface area contributed by atoms with Gasteiger partial charge in [-0.2, -0.15) is 0 Å². The zero-order valence-corrected chi connectivity index (χ0v) is 13.7. The maximum Gasteiger partial charge on any atom is 0.280 e. The van der Waals surface area contributed by atoms with Crippen LogP contribution in [0.5, 0.6) is 0 Å². The van der Waals surface area contributed by atoms with Crippen LogP contribution in [0.25, 0.3) is 17.0 Å². The molecule has 0 fully saturated rings. The van der Waals surface area contributed by atoms with Crippen molar-refractivity contribution in [2.45, 2.75) is 6.92 Å². The zero-order valence-electron chi connectivity index (χ0n) is 13.7. The van der Waals surface area contributed by atoms with Crippen molar-refractivity contribution in [3.8, 4) is 0 Å². The van der Waals surface area contributed by atoms with Crippen molar-refractivity contribution in [3.63, 3.8) is 0 Å². The fourth-order valence-corrected chi connectivity index (χ4v) is 2.40. The van der Waals surface area contributed by atoms with E-state index < -0.39 is 10.8 Å². The van der Waals surface area contributed by atoms with Crippen LogP contribution in [0.3, 0.4) is 0 Å². The third-order valence-corrected chi connectivity index (χ3v) is 3.70. The summed E-state index contributed by atoms with van der Waals surface area (Å²) in [6.45, 7) is 1.62. The van der Waals surface area contributed by atoms with Crippen molar-refractivity contribution in [2.24, 2.45) is 0 Å². The molecule has 0 aliphatic carbocycles. The number of benzene rings is 2. The van der Waals surface area contributed by atoms with Crippen molar-refractivity contribution in [1.29, 1.82) is 0 Å². The number of nitro groups is 1. The molecule has 130 valence electrons. The molecule has 3 rings (SSSR count). The minimum atomic E-state index is -0.523. The third-order valence-electron chi connectivity index (χ3n) is 3.70. The number of nitro benzene ring substituents is 1. The number of carbonyl (C=O) groups is 1. The molecule has 1 heterocycles. The molecule has 1 aromatic heterocycles. The summed E-state index contributed by atoms with van der Waals surface area (Å²) in [7, 11) is 0. The molecule has 26 heavy (non-hydrogen) atoms. The van der Waals surface area contributed by atoms with Crippen LogP contribution in [0.4, 0.5) is 5.69 Å². The highest BCUT2D eigenvalue weighted by molar-refractivity contribution is 5.97. The van der Waals surface area contributed by atoms with Crippen LogP contribution in [-0.4, -0.2) is 20.5 Å². The molecule has 0 radical (unpaired) electrons. The van der Waals surface area contributed by atoms with E-state index in [-0.39, 0.29) is 11.2 Å². The topological polar surface area (TPSA) is 107 Å². The van der Waals surface area contributed by atoms with Gasteiger partial charge < -0.3 is 0 Å². The van der Waals surface area contributed by atoms with Crippen molar-refractivity contribution in [3.05, 3.63) is 86.5 Å². The molecule has 1 amide bonds. The number of carbonyl (C=O) groups excluding carboxylic acids is 1. The smallest absolute Gasteiger partial charge is 0.268 e. The van der Waals surface area contributed by atoms with Crippen LogP contribution < -0.4 is 11.0 Å². The molecule has 0 saturated carbocycles. The quantitative estimate of drug-likeness (QED) is 0.442. The lowest BCUT2D eigenvalue weighted by Crippen LogP contribution is -2.34. The summed E-state index contributed by atoms with van der Waals surface area (Å²) in [5, 5.41) is 11.0. The molecule has 0 spiro atoms. The van der Waals surface area contributed by atoms with Gasteiger partial charge in [0, 0.05) is 18.2 Å². The lowest BCUT2D eigenvalue weighted by atomic mass is 10.2. The number of amides is 1. The monoisotopic (exact) mass is 350 g/mol. The molecule has 8 nitrogen and oxygen atoms in total. The van der Waals surface area contributed by atoms with Gasteiger partial charge in [0.15, 0.2) is 0 Å². The van der Waals surface area contributed by atoms with E-state index in [1.807, 2.05) is 0 Å². The van der Waals surface area contributed by atoms with E-state index >= 15 is 0 Å². The maximum absolute atomic E-state index is 12.5. The van der Waals surface area contributed by atoms with Crippen LogP contribution >= 0.6 is 0 Å². The Balaban J connectivity index is 1.81. The van der Waals surface area contributed by atoms with E-state index in [4.69, 9.17) is 0 Å². The van der Waals surface area contributed by atoms with Gasteiger partial charge in [-0.3, -0.25) is 25.1 Å². The first kappa shape index (κ1) is 17.0. The standard InChI is InChI=1S/C18H14N4O4/c1-12-19-16-5-3-2-4-15(16)18(24)21(12)20-17(23)11-8-13-6-9-14(10-7-13)22(25)26/h2-11H,1H3,(H,20,23)/b11-8+. The number of non-ortho nitro benzene ring substituents is 1. The molecule has 1 N–H and O–H groups in total. The highest BCUT2D eigenvalue weighted by Crippen LogP contribution is 2.12. The number of hydrogen-bond donors (Lipinski definition) is 1. The van der Waals surface area contributed by atoms with E-state index in [1.165, 1.54) is 36.4 Å². The molecule has 0 aliphatic heterocycles. The van der Waals surface area contributed by atoms with Crippen molar-refractivity contribution in [1.82, 2.24) is 9.66 Å². The first-order valence-electron chi connectivity index (χ1n) is 7.67. The molecular formula is C18H14N4O4. The summed E-state index contributed by atoms with van der Waals surface area (Å²) in [6, 6.07) is 12.6. The van der Waals surface area contributed by atoms with Gasteiger partial charge in [0.25, 0.3) is 17.2 Å². The largest absolute Gasteiger partial charge is 0.280 e. The number of nitrogens with one attached hydrogen (secondary N) is 1. The Morgan fingerprint density at radius 1 is 1.19 bits per heavy atom. The number of aryl methyl sites for hydroxylation is 1. The van der Waals surface area contributed by atoms with Crippen LogP contribution in [0, 0.1) is 17.0 Å². The lowest BCUT2D eigenvalue weighted by molar-refractivity contribution is -0.384. The minimum Gasteiger partial charge on any atom is -0.268 e. The number of nitrogens with zero attached hydrogens (tertiary/aromatic N) is 3. The Kier molecular flexibility index (Phi) is 4.57. The molecule has 2 aromatic carbocycles. The van der Waals surface area contributed by atoms with E-state index in [9.17, 15) is 19.7 Å². The van der Waals surface area contributed by atoms with Gasteiger partial charge in [0.1, 0.15) is 5.82 Å². The van der Waals surface area contributed by atoms with Crippen LogP contribution in [0.1, 0.15) is 11.4 Å². The molecule has 0 aliphatic rings. The first-order valence-corrected chi connectivity index (χ1v) is 7.67. The lowest BCUT2D eigenvalue weighted by Gasteiger charge is -2.10. The summed E-state index contributed by atoms with van der Waals surface area (Å²) < 4.78 is 1.09. The fourth-order valence-electron chi connectivity index (χ4n) is 2.40. The van der Waals surface area contributed by atoms with E-state index in [2.05, 4.69) is 10.4 Å². The zero-order chi connectivity index (χ0) is 18.7. The van der Waals surface area contributed by atoms with E-state index in [0.29, 0.717) is 22.3 Å². The molecular weight excluding hydrogens is 336 g/mol. The number of para-hydroxylation sites is 1. The normalized spacial score (nSPS) is 11.0. The Bertz CT molecular complexity index is 1080. The molecule has 0 bridgehead atoms. The Morgan fingerprint density at radius 3 is 2.58 bits per heavy atom. The van der Waals surface area contributed by atoms with Gasteiger partial charge >= 0.3 is 0 Å². The first-order chi connectivity index (χ1) is 12.5. The molecule has 3 aromatic rings. The average Bonchev–Trinajstić information content (AvgIpc) is 2.64. The SMILES string of the molecule is Cc1nc2ccccc2c(=O)n1NC(=O)/C=C/c1ccc([N+](=O)[O-])cc1. The predicted molar refractivity (Wildman–Crippen MR) is 97.2 cm³/mol. The summed E-state index contributed by atoms with van der Waals surface area (Å²) in [4.78, 5) is 39.0. The number of fused-ring (bicyclic) bond motifs is 1. The van der Waals surface area contributed by atoms with Gasteiger partial charge in [-0.15, -0.1) is 0 Å². The maximum atomic E-state index is 12.5. The van der Waals surface area contributed by atoms with Crippen LogP contribution in [-0.2, 0) is 4.79 Å². The Hall–Kier alpha value is -3.81. The summed E-state index contributed by atoms with van der Waals surface area (Å²) in [5.41, 5.74) is 3.25. The average molecular weight is 350 g/mol. The molecule has 0 atom stereocenters. The number of rotatable bonds is 4. The third kappa shape index (κ3) is 3.48. The highest BCUT2D eigenvalue weighted by Gasteiger charge is 2.09. The fraction of sp³-hybridized carbons (Fsp3) is 0.0556. The van der Waals surface area contributed by atoms with Crippen molar-refractivity contribution >= 4 is 28.6 Å². The second kappa shape index (κ2) is 6.98. The second-order valence-corrected chi connectivity index (χ2v) is 5.47. The highest BCUT2D eigenvalue weighted by atomic mass is 16.6. The minimum absolute atomic E-state index is 0.0315. The van der Waals surface area contributed by atoms with Crippen LogP contribution in [0.2, 0.25) is 0 Å². The van der Waals surface area contributed by atoms with Crippen molar-refractivity contribution in [2.75, 3.05) is 5.43 Å². The van der Waals surface area contributed by atoms with Crippen molar-refractivity contribution < 1.29 is 9.72 Å². The van der Waals surface area contributed by atoms with Gasteiger partial charge in [0.05, 0.1) is 15.8 Å².